The molecule has 6 nitrogen and oxygen atoms in total. The second-order valence-corrected chi connectivity index (χ2v) is 14.9. The summed E-state index contributed by atoms with van der Waals surface area (Å²) in [6.45, 7) is 9.90. The molecule has 9 heteroatoms. The molecule has 0 spiro atoms. The number of nitrogens with zero attached hydrogens (tertiary/aromatic N) is 2. The van der Waals surface area contributed by atoms with Crippen LogP contribution in [0.3, 0.4) is 0 Å². The molecule has 8 rings (SSSR count). The Kier molecular flexibility index (Phi) is 15.2. The molecule has 0 unspecified atom stereocenters. The number of ether oxygens (including phenoxy) is 2. The summed E-state index contributed by atoms with van der Waals surface area (Å²) < 4.78 is 42.2. The van der Waals surface area contributed by atoms with Crippen molar-refractivity contribution in [2.45, 2.75) is 58.7 Å². The van der Waals surface area contributed by atoms with E-state index in [4.69, 9.17) is 9.47 Å². The summed E-state index contributed by atoms with van der Waals surface area (Å²) in [6, 6.07) is 40.7. The lowest BCUT2D eigenvalue weighted by atomic mass is 10.0. The van der Waals surface area contributed by atoms with Gasteiger partial charge in [-0.05, 0) is 150 Å². The molecule has 0 bridgehead atoms. The van der Waals surface area contributed by atoms with Gasteiger partial charge in [0.1, 0.15) is 34.6 Å². The van der Waals surface area contributed by atoms with Crippen molar-refractivity contribution in [1.29, 1.82) is 0 Å². The van der Waals surface area contributed by atoms with E-state index in [0.29, 0.717) is 23.7 Å². The average molecular weight is 841 g/mol. The molecular formula is C52H51ClF2N2O4. The normalized spacial score (nSPS) is 11.4. The largest absolute Gasteiger partial charge is 0.457 e. The predicted molar refractivity (Wildman–Crippen MR) is 246 cm³/mol. The van der Waals surface area contributed by atoms with Gasteiger partial charge in [0, 0.05) is 53.7 Å². The molecule has 0 aliphatic heterocycles. The van der Waals surface area contributed by atoms with Crippen molar-refractivity contribution in [1.82, 2.24) is 9.13 Å². The smallest absolute Gasteiger partial charge is 0.127 e. The lowest BCUT2D eigenvalue weighted by Gasteiger charge is -2.09. The molecule has 2 aromatic heterocycles. The Morgan fingerprint density at radius 1 is 0.574 bits per heavy atom. The van der Waals surface area contributed by atoms with Crippen molar-refractivity contribution >= 4 is 34.2 Å². The van der Waals surface area contributed by atoms with Gasteiger partial charge in [0.25, 0.3) is 0 Å². The van der Waals surface area contributed by atoms with Gasteiger partial charge in [-0.2, -0.15) is 0 Å². The fourth-order valence-corrected chi connectivity index (χ4v) is 7.46. The zero-order valence-corrected chi connectivity index (χ0v) is 35.3. The molecule has 0 radical (unpaired) electrons. The molecular weight excluding hydrogens is 790 g/mol. The van der Waals surface area contributed by atoms with E-state index in [1.54, 1.807) is 24.3 Å². The SMILES string of the molecule is C=CCc1cn(CCC)c2ccc(-c3ccc(Oc4ccc(F)cc4)cc3)cc12.CCCn1cc(C[C@H](O)CO)c2cc(-c3ccc(Oc4ccc(F)cc4)cc3)ccc21.Cl. The lowest BCUT2D eigenvalue weighted by Crippen LogP contribution is -2.14. The summed E-state index contributed by atoms with van der Waals surface area (Å²) in [7, 11) is 0. The van der Waals surface area contributed by atoms with Crippen LogP contribution in [0.25, 0.3) is 44.1 Å². The van der Waals surface area contributed by atoms with E-state index in [1.807, 2.05) is 42.5 Å². The first-order valence-electron chi connectivity index (χ1n) is 20.5. The van der Waals surface area contributed by atoms with Gasteiger partial charge in [0.15, 0.2) is 0 Å². The van der Waals surface area contributed by atoms with Crippen LogP contribution in [0, 0.1) is 11.6 Å². The highest BCUT2D eigenvalue weighted by Gasteiger charge is 2.14. The minimum Gasteiger partial charge on any atom is -0.457 e. The fraction of sp³-hybridized carbons (Fsp3) is 0.192. The topological polar surface area (TPSA) is 68.8 Å². The lowest BCUT2D eigenvalue weighted by molar-refractivity contribution is 0.0957. The number of aryl methyl sites for hydroxylation is 2. The van der Waals surface area contributed by atoms with Crippen LogP contribution in [0.5, 0.6) is 23.0 Å². The third-order valence-electron chi connectivity index (χ3n) is 10.4. The molecule has 0 saturated carbocycles. The number of hydrogen-bond donors (Lipinski definition) is 2. The van der Waals surface area contributed by atoms with E-state index < -0.39 is 6.10 Å². The summed E-state index contributed by atoms with van der Waals surface area (Å²) in [5.41, 5.74) is 9.15. The second-order valence-electron chi connectivity index (χ2n) is 14.9. The van der Waals surface area contributed by atoms with Crippen LogP contribution < -0.4 is 9.47 Å². The molecule has 1 atom stereocenters. The van der Waals surface area contributed by atoms with E-state index in [2.05, 4.69) is 90.5 Å². The van der Waals surface area contributed by atoms with Gasteiger partial charge in [-0.3, -0.25) is 0 Å². The number of aromatic nitrogens is 2. The van der Waals surface area contributed by atoms with Gasteiger partial charge >= 0.3 is 0 Å². The molecule has 0 amide bonds. The molecule has 2 N–H and O–H groups in total. The highest BCUT2D eigenvalue weighted by atomic mass is 35.5. The summed E-state index contributed by atoms with van der Waals surface area (Å²) in [4.78, 5) is 0. The molecule has 0 saturated heterocycles. The molecule has 61 heavy (non-hydrogen) atoms. The van der Waals surface area contributed by atoms with E-state index in [-0.39, 0.29) is 30.6 Å². The van der Waals surface area contributed by atoms with Crippen molar-refractivity contribution < 1.29 is 28.5 Å². The summed E-state index contributed by atoms with van der Waals surface area (Å²) in [6.07, 6.45) is 8.91. The van der Waals surface area contributed by atoms with Crippen LogP contribution in [0.15, 0.2) is 159 Å². The van der Waals surface area contributed by atoms with E-state index >= 15 is 0 Å². The Hall–Kier alpha value is -6.19. The van der Waals surface area contributed by atoms with Crippen molar-refractivity contribution in [3.05, 3.63) is 181 Å². The Morgan fingerprint density at radius 3 is 1.34 bits per heavy atom. The number of benzene rings is 6. The second kappa shape index (κ2) is 20.9. The Balaban J connectivity index is 0.000000201. The summed E-state index contributed by atoms with van der Waals surface area (Å²) in [5.74, 6) is 2.04. The van der Waals surface area contributed by atoms with Crippen LogP contribution in [-0.2, 0) is 25.9 Å². The minimum absolute atomic E-state index is 0. The Labute approximate surface area is 362 Å². The molecule has 0 aliphatic carbocycles. The third kappa shape index (κ3) is 11.0. The molecule has 0 aliphatic rings. The number of fused-ring (bicyclic) bond motifs is 2. The first-order valence-corrected chi connectivity index (χ1v) is 20.5. The maximum Gasteiger partial charge on any atom is 0.127 e. The molecule has 314 valence electrons. The highest BCUT2D eigenvalue weighted by molar-refractivity contribution is 5.90. The Bertz CT molecular complexity index is 2650. The number of aliphatic hydroxyl groups excluding tert-OH is 2. The van der Waals surface area contributed by atoms with Gasteiger partial charge in [-0.1, -0.05) is 56.3 Å². The monoisotopic (exact) mass is 840 g/mol. The predicted octanol–water partition coefficient (Wildman–Crippen LogP) is 13.3. The maximum atomic E-state index is 13.1. The zero-order chi connectivity index (χ0) is 42.0. The van der Waals surface area contributed by atoms with Gasteiger partial charge in [-0.25, -0.2) is 8.78 Å². The minimum atomic E-state index is -0.771. The van der Waals surface area contributed by atoms with Gasteiger partial charge in [0.05, 0.1) is 12.7 Å². The highest BCUT2D eigenvalue weighted by Crippen LogP contribution is 2.33. The third-order valence-corrected chi connectivity index (χ3v) is 10.4. The first-order chi connectivity index (χ1) is 29.2. The van der Waals surface area contributed by atoms with Crippen molar-refractivity contribution in [3.63, 3.8) is 0 Å². The van der Waals surface area contributed by atoms with E-state index in [1.165, 1.54) is 46.3 Å². The number of hydrogen-bond acceptors (Lipinski definition) is 4. The quantitative estimate of drug-likeness (QED) is 0.101. The number of rotatable bonds is 15. The first kappa shape index (κ1) is 44.4. The molecule has 8 aromatic rings. The van der Waals surface area contributed by atoms with Crippen molar-refractivity contribution in [2.75, 3.05) is 6.61 Å². The van der Waals surface area contributed by atoms with E-state index in [0.717, 1.165) is 71.3 Å². The Morgan fingerprint density at radius 2 is 0.951 bits per heavy atom. The van der Waals surface area contributed by atoms with Gasteiger partial charge < -0.3 is 28.8 Å². The van der Waals surface area contributed by atoms with Crippen LogP contribution in [0.4, 0.5) is 8.78 Å². The number of aliphatic hydroxyl groups is 2. The fourth-order valence-electron chi connectivity index (χ4n) is 7.46. The summed E-state index contributed by atoms with van der Waals surface area (Å²) >= 11 is 0. The number of halogens is 3. The van der Waals surface area contributed by atoms with Crippen LogP contribution in [-0.4, -0.2) is 32.1 Å². The van der Waals surface area contributed by atoms with Crippen LogP contribution in [0.1, 0.15) is 37.8 Å². The summed E-state index contributed by atoms with van der Waals surface area (Å²) in [5, 5.41) is 21.6. The number of allylic oxidation sites excluding steroid dienone is 1. The molecule has 2 heterocycles. The van der Waals surface area contributed by atoms with Crippen molar-refractivity contribution in [3.8, 4) is 45.3 Å². The standard InChI is InChI=1S/C26H26FNO3.C26H24FNO.ClH/c1-2-13-28-16-20(14-22(30)17-29)25-15-19(5-12-26(25)28)18-3-8-23(9-4-18)31-24-10-6-21(27)7-11-24;1-3-5-21-18-28(16-4-2)26-15-8-20(17-25(21)26)19-6-11-23(12-7-19)29-24-13-9-22(27)10-14-24;/h3-12,15-16,22,29-30H,2,13-14,17H2,1H3;3,6-15,17-18H,1,4-5,16H2,2H3;1H/t22-;;/m0../s1. The van der Waals surface area contributed by atoms with Gasteiger partial charge in [-0.15, -0.1) is 19.0 Å². The van der Waals surface area contributed by atoms with Gasteiger partial charge in [0.2, 0.25) is 0 Å². The zero-order valence-electron chi connectivity index (χ0n) is 34.4. The van der Waals surface area contributed by atoms with E-state index in [9.17, 15) is 19.0 Å². The average Bonchev–Trinajstić information content (AvgIpc) is 3.79. The van der Waals surface area contributed by atoms with Crippen LogP contribution in [0.2, 0.25) is 0 Å². The maximum absolute atomic E-state index is 13.1. The van der Waals surface area contributed by atoms with Crippen LogP contribution >= 0.6 is 12.4 Å². The van der Waals surface area contributed by atoms with Crippen molar-refractivity contribution in [2.24, 2.45) is 0 Å². The molecule has 0 fully saturated rings. The molecule has 6 aromatic carbocycles.